The van der Waals surface area contributed by atoms with Crippen LogP contribution in [-0.4, -0.2) is 25.5 Å². The Morgan fingerprint density at radius 1 is 1.10 bits per heavy atom. The maximum Gasteiger partial charge on any atom is 0.321 e. The van der Waals surface area contributed by atoms with Gasteiger partial charge in [0.25, 0.3) is 0 Å². The van der Waals surface area contributed by atoms with Gasteiger partial charge in [0.2, 0.25) is 10.0 Å². The van der Waals surface area contributed by atoms with Crippen LogP contribution in [0.1, 0.15) is 42.6 Å². The normalized spacial score (nSPS) is 15.1. The Kier molecular flexibility index (Phi) is 5.92. The zero-order valence-electron chi connectivity index (χ0n) is 16.6. The summed E-state index contributed by atoms with van der Waals surface area (Å²) in [5.41, 5.74) is 2.80. The lowest BCUT2D eigenvalue weighted by Crippen LogP contribution is -2.40. The van der Waals surface area contributed by atoms with E-state index >= 15 is 0 Å². The highest BCUT2D eigenvalue weighted by Gasteiger charge is 2.26. The van der Waals surface area contributed by atoms with Crippen molar-refractivity contribution in [2.75, 3.05) is 0 Å². The Morgan fingerprint density at radius 3 is 2.63 bits per heavy atom. The molecule has 1 aliphatic rings. The molecule has 0 fully saturated rings. The summed E-state index contributed by atoms with van der Waals surface area (Å²) in [5.74, 6) is -0.246. The van der Waals surface area contributed by atoms with Crippen LogP contribution in [0, 0.1) is 0 Å². The highest BCUT2D eigenvalue weighted by atomic mass is 32.2. The lowest BCUT2D eigenvalue weighted by Gasteiger charge is -2.15. The van der Waals surface area contributed by atoms with E-state index in [1.54, 1.807) is 6.07 Å². The van der Waals surface area contributed by atoms with E-state index < -0.39 is 22.0 Å². The van der Waals surface area contributed by atoms with Gasteiger partial charge in [-0.05, 0) is 56.2 Å². The van der Waals surface area contributed by atoms with Crippen molar-refractivity contribution in [3.05, 3.63) is 65.4 Å². The summed E-state index contributed by atoms with van der Waals surface area (Å²) in [6.45, 7) is 0. The van der Waals surface area contributed by atoms with Gasteiger partial charge >= 0.3 is 5.97 Å². The number of furan rings is 1. The summed E-state index contributed by atoms with van der Waals surface area (Å²) in [6, 6.07) is 13.3. The summed E-state index contributed by atoms with van der Waals surface area (Å²) in [6.07, 6.45) is 5.45. The van der Waals surface area contributed by atoms with E-state index in [0.29, 0.717) is 18.4 Å². The predicted molar refractivity (Wildman–Crippen MR) is 114 cm³/mol. The molecule has 1 heterocycles. The van der Waals surface area contributed by atoms with Crippen molar-refractivity contribution in [3.63, 3.8) is 0 Å². The fourth-order valence-corrected chi connectivity index (χ4v) is 5.29. The van der Waals surface area contributed by atoms with Gasteiger partial charge in [0.15, 0.2) is 0 Å². The molecule has 4 rings (SSSR count). The minimum absolute atomic E-state index is 0.0235. The molecule has 6 nitrogen and oxygen atoms in total. The lowest BCUT2D eigenvalue weighted by molar-refractivity contribution is -0.139. The van der Waals surface area contributed by atoms with E-state index in [-0.39, 0.29) is 11.3 Å². The number of sulfonamides is 1. The first-order chi connectivity index (χ1) is 14.4. The van der Waals surface area contributed by atoms with Crippen LogP contribution in [0.4, 0.5) is 0 Å². The number of carbonyl (C=O) groups is 1. The first kappa shape index (κ1) is 20.6. The van der Waals surface area contributed by atoms with Gasteiger partial charge in [0, 0.05) is 23.4 Å². The molecule has 1 unspecified atom stereocenters. The third-order valence-electron chi connectivity index (χ3n) is 5.64. The molecule has 2 N–H and O–H groups in total. The van der Waals surface area contributed by atoms with Gasteiger partial charge in [-0.25, -0.2) is 8.42 Å². The second kappa shape index (κ2) is 8.62. The van der Waals surface area contributed by atoms with Gasteiger partial charge in [0.05, 0.1) is 4.90 Å². The molecular formula is C23H25NO5S. The molecule has 2 aromatic carbocycles. The summed E-state index contributed by atoms with van der Waals surface area (Å²) in [4.78, 5) is 11.7. The molecule has 3 aromatic rings. The zero-order valence-corrected chi connectivity index (χ0v) is 17.5. The first-order valence-corrected chi connectivity index (χ1v) is 11.8. The number of hydrogen-bond donors (Lipinski definition) is 2. The first-order valence-electron chi connectivity index (χ1n) is 10.3. The van der Waals surface area contributed by atoms with Crippen molar-refractivity contribution in [3.8, 4) is 0 Å². The van der Waals surface area contributed by atoms with Crippen molar-refractivity contribution in [1.29, 1.82) is 0 Å². The zero-order chi connectivity index (χ0) is 21.1. The van der Waals surface area contributed by atoms with Crippen LogP contribution in [0.5, 0.6) is 0 Å². The van der Waals surface area contributed by atoms with E-state index in [1.165, 1.54) is 12.1 Å². The average molecular weight is 428 g/mol. The lowest BCUT2D eigenvalue weighted by atomic mass is 9.96. The molecule has 0 amide bonds. The quantitative estimate of drug-likeness (QED) is 0.565. The number of fused-ring (bicyclic) bond motifs is 3. The molecule has 1 aromatic heterocycles. The molecule has 0 saturated carbocycles. The number of carboxylic acids is 1. The van der Waals surface area contributed by atoms with Gasteiger partial charge in [-0.2, -0.15) is 4.72 Å². The monoisotopic (exact) mass is 427 g/mol. The Labute approximate surface area is 176 Å². The maximum absolute atomic E-state index is 12.9. The number of carboxylic acid groups (broad SMARTS) is 1. The number of rotatable bonds is 8. The number of aliphatic carboxylic acids is 1. The summed E-state index contributed by atoms with van der Waals surface area (Å²) in [5, 5.41) is 10.5. The van der Waals surface area contributed by atoms with Gasteiger partial charge in [-0.1, -0.05) is 30.3 Å². The van der Waals surface area contributed by atoms with Crippen molar-refractivity contribution < 1.29 is 22.7 Å². The minimum Gasteiger partial charge on any atom is -0.480 e. The topological polar surface area (TPSA) is 96.6 Å². The molecule has 158 valence electrons. The number of hydrogen-bond acceptors (Lipinski definition) is 4. The molecule has 1 aliphatic carbocycles. The van der Waals surface area contributed by atoms with Crippen LogP contribution in [0.3, 0.4) is 0 Å². The van der Waals surface area contributed by atoms with Gasteiger partial charge in [-0.15, -0.1) is 0 Å². The highest BCUT2D eigenvalue weighted by Crippen LogP contribution is 2.33. The third-order valence-corrected chi connectivity index (χ3v) is 7.10. The predicted octanol–water partition coefficient (Wildman–Crippen LogP) is 4.07. The Hall–Kier alpha value is -2.64. The Bertz CT molecular complexity index is 1150. The van der Waals surface area contributed by atoms with Gasteiger partial charge in [-0.3, -0.25) is 4.79 Å². The van der Waals surface area contributed by atoms with Crippen LogP contribution in [0.2, 0.25) is 0 Å². The summed E-state index contributed by atoms with van der Waals surface area (Å²) < 4.78 is 33.9. The smallest absolute Gasteiger partial charge is 0.321 e. The minimum atomic E-state index is -3.98. The molecule has 0 bridgehead atoms. The number of benzene rings is 2. The van der Waals surface area contributed by atoms with E-state index in [2.05, 4.69) is 4.72 Å². The van der Waals surface area contributed by atoms with Crippen LogP contribution in [0.15, 0.2) is 57.8 Å². The maximum atomic E-state index is 12.9. The third kappa shape index (κ3) is 4.42. The molecule has 0 aliphatic heterocycles. The molecule has 1 atom stereocenters. The average Bonchev–Trinajstić information content (AvgIpc) is 3.11. The fraction of sp³-hybridized carbons (Fsp3) is 0.348. The fourth-order valence-electron chi connectivity index (χ4n) is 4.05. The number of nitrogens with one attached hydrogen (secondary N) is 1. The highest BCUT2D eigenvalue weighted by molar-refractivity contribution is 7.89. The molecule has 0 saturated heterocycles. The van der Waals surface area contributed by atoms with Crippen LogP contribution >= 0.6 is 0 Å². The molecule has 0 spiro atoms. The molecular weight excluding hydrogens is 402 g/mol. The standard InChI is InChI=1S/C23H25NO5S/c25-23(26)20(11-6-9-16-7-2-1-3-8-16)24-30(27,28)17-13-14-19-18-10-4-5-12-21(18)29-22(19)15-17/h1-3,7-8,13-15,20,24H,4-6,9-12H2,(H,25,26). The summed E-state index contributed by atoms with van der Waals surface area (Å²) in [7, 11) is -3.98. The van der Waals surface area contributed by atoms with Crippen molar-refractivity contribution in [2.45, 2.75) is 55.9 Å². The Balaban J connectivity index is 1.49. The van der Waals surface area contributed by atoms with Crippen LogP contribution in [-0.2, 0) is 34.1 Å². The van der Waals surface area contributed by atoms with Gasteiger partial charge in [0.1, 0.15) is 17.4 Å². The van der Waals surface area contributed by atoms with Crippen LogP contribution in [0.25, 0.3) is 11.0 Å². The van der Waals surface area contributed by atoms with Gasteiger partial charge < -0.3 is 9.52 Å². The van der Waals surface area contributed by atoms with Crippen molar-refractivity contribution >= 4 is 27.0 Å². The molecule has 0 radical (unpaired) electrons. The largest absolute Gasteiger partial charge is 0.480 e. The van der Waals surface area contributed by atoms with Crippen LogP contribution < -0.4 is 4.72 Å². The van der Waals surface area contributed by atoms with E-state index in [9.17, 15) is 18.3 Å². The molecule has 7 heteroatoms. The summed E-state index contributed by atoms with van der Waals surface area (Å²) >= 11 is 0. The van der Waals surface area contributed by atoms with E-state index in [4.69, 9.17) is 4.42 Å². The van der Waals surface area contributed by atoms with Crippen molar-refractivity contribution in [2.24, 2.45) is 0 Å². The SMILES string of the molecule is O=C(O)C(CCCc1ccccc1)NS(=O)(=O)c1ccc2c3c(oc2c1)CCCC3. The second-order valence-electron chi connectivity index (χ2n) is 7.76. The second-order valence-corrected chi connectivity index (χ2v) is 9.47. The van der Waals surface area contributed by atoms with Crippen molar-refractivity contribution in [1.82, 2.24) is 4.72 Å². The molecule has 30 heavy (non-hydrogen) atoms. The van der Waals surface area contributed by atoms with E-state index in [0.717, 1.165) is 48.0 Å². The number of aryl methyl sites for hydroxylation is 3. The Morgan fingerprint density at radius 2 is 1.87 bits per heavy atom. The van der Waals surface area contributed by atoms with E-state index in [1.807, 2.05) is 30.3 Å².